The summed E-state index contributed by atoms with van der Waals surface area (Å²) in [5.74, 6) is 0. The van der Waals surface area contributed by atoms with Crippen LogP contribution >= 0.6 is 0 Å². The molecule has 0 saturated heterocycles. The van der Waals surface area contributed by atoms with Gasteiger partial charge in [0.05, 0.1) is 10.5 Å². The van der Waals surface area contributed by atoms with Crippen molar-refractivity contribution in [3.8, 4) is 11.1 Å². The van der Waals surface area contributed by atoms with Gasteiger partial charge in [0, 0.05) is 24.7 Å². The van der Waals surface area contributed by atoms with E-state index in [-0.39, 0.29) is 25.2 Å². The molecule has 3 rings (SSSR count). The van der Waals surface area contributed by atoms with Crippen molar-refractivity contribution >= 4 is 11.8 Å². The van der Waals surface area contributed by atoms with Crippen molar-refractivity contribution in [2.45, 2.75) is 45.5 Å². The van der Waals surface area contributed by atoms with Crippen molar-refractivity contribution in [2.75, 3.05) is 6.54 Å². The maximum absolute atomic E-state index is 12.8. The number of ether oxygens (including phenoxy) is 1. The second-order valence-corrected chi connectivity index (χ2v) is 8.12. The Labute approximate surface area is 171 Å². The summed E-state index contributed by atoms with van der Waals surface area (Å²) in [6.45, 7) is 5.64. The van der Waals surface area contributed by atoms with Gasteiger partial charge in [-0.3, -0.25) is 10.1 Å². The number of nitro groups is 1. The van der Waals surface area contributed by atoms with E-state index in [1.54, 1.807) is 26.8 Å². The van der Waals surface area contributed by atoms with Crippen LogP contribution in [-0.2, 0) is 23.9 Å². The van der Waals surface area contributed by atoms with Crippen molar-refractivity contribution in [3.63, 3.8) is 0 Å². The molecule has 1 aliphatic rings. The van der Waals surface area contributed by atoms with E-state index in [4.69, 9.17) is 4.74 Å². The first-order chi connectivity index (χ1) is 13.8. The van der Waals surface area contributed by atoms with Crippen LogP contribution in [0.1, 0.15) is 37.5 Å². The number of hydrogen-bond donors (Lipinski definition) is 0. The van der Waals surface area contributed by atoms with Crippen LogP contribution in [0, 0.1) is 10.1 Å². The number of nitro benzene ring substituents is 1. The van der Waals surface area contributed by atoms with Crippen molar-refractivity contribution in [2.24, 2.45) is 0 Å². The Morgan fingerprint density at radius 2 is 1.73 bits per heavy atom. The van der Waals surface area contributed by atoms with Crippen molar-refractivity contribution in [3.05, 3.63) is 63.2 Å². The summed E-state index contributed by atoms with van der Waals surface area (Å²) in [5.41, 5.74) is 0.363. The minimum atomic E-state index is -4.46. The van der Waals surface area contributed by atoms with E-state index in [2.05, 4.69) is 0 Å². The number of nitrogens with zero attached hydrogens (tertiary/aromatic N) is 2. The number of alkyl halides is 3. The van der Waals surface area contributed by atoms with E-state index in [0.29, 0.717) is 22.3 Å². The molecular weight excluding hydrogens is 401 g/mol. The van der Waals surface area contributed by atoms with Gasteiger partial charge in [-0.05, 0) is 62.1 Å². The van der Waals surface area contributed by atoms with Gasteiger partial charge >= 0.3 is 12.3 Å². The number of amides is 1. The maximum atomic E-state index is 12.8. The largest absolute Gasteiger partial charge is 0.444 e. The minimum absolute atomic E-state index is 0.105. The van der Waals surface area contributed by atoms with Gasteiger partial charge in [0.1, 0.15) is 5.60 Å². The van der Waals surface area contributed by atoms with Crippen LogP contribution in [0.25, 0.3) is 11.1 Å². The van der Waals surface area contributed by atoms with Crippen LogP contribution in [0.3, 0.4) is 0 Å². The summed E-state index contributed by atoms with van der Waals surface area (Å²) in [6, 6.07) is 7.48. The highest BCUT2D eigenvalue weighted by Gasteiger charge is 2.31. The van der Waals surface area contributed by atoms with Crippen LogP contribution < -0.4 is 0 Å². The number of carbonyl (C=O) groups excluding carboxylic acids is 1. The Hall–Kier alpha value is -3.10. The highest BCUT2D eigenvalue weighted by molar-refractivity contribution is 5.72. The summed E-state index contributed by atoms with van der Waals surface area (Å²) in [7, 11) is 0. The van der Waals surface area contributed by atoms with Crippen molar-refractivity contribution < 1.29 is 27.6 Å². The third-order valence-electron chi connectivity index (χ3n) is 4.71. The molecule has 160 valence electrons. The van der Waals surface area contributed by atoms with Gasteiger partial charge in [0.15, 0.2) is 0 Å². The lowest BCUT2D eigenvalue weighted by atomic mass is 9.92. The summed E-state index contributed by atoms with van der Waals surface area (Å²) in [5, 5.41) is 11.6. The van der Waals surface area contributed by atoms with E-state index in [0.717, 1.165) is 12.1 Å². The molecule has 0 aromatic heterocycles. The molecule has 0 bridgehead atoms. The topological polar surface area (TPSA) is 72.7 Å². The first kappa shape index (κ1) is 21.6. The third-order valence-corrected chi connectivity index (χ3v) is 4.71. The van der Waals surface area contributed by atoms with Gasteiger partial charge in [0.25, 0.3) is 5.69 Å². The molecule has 2 aromatic rings. The fourth-order valence-electron chi connectivity index (χ4n) is 3.34. The average molecular weight is 422 g/mol. The van der Waals surface area contributed by atoms with Crippen LogP contribution in [0.2, 0.25) is 0 Å². The number of rotatable bonds is 2. The normalized spacial score (nSPS) is 14.3. The molecular formula is C21H21F3N2O4. The zero-order chi connectivity index (χ0) is 22.3. The predicted octanol–water partition coefficient (Wildman–Crippen LogP) is 5.57. The van der Waals surface area contributed by atoms with Gasteiger partial charge in [-0.15, -0.1) is 0 Å². The van der Waals surface area contributed by atoms with E-state index < -0.39 is 28.4 Å². The zero-order valence-electron chi connectivity index (χ0n) is 16.7. The monoisotopic (exact) mass is 422 g/mol. The van der Waals surface area contributed by atoms with E-state index in [9.17, 15) is 28.1 Å². The quantitative estimate of drug-likeness (QED) is 0.468. The Morgan fingerprint density at radius 3 is 2.27 bits per heavy atom. The van der Waals surface area contributed by atoms with Crippen molar-refractivity contribution in [1.82, 2.24) is 4.90 Å². The standard InChI is InChI=1S/C21H21F3N2O4/c1-20(2,3)30-19(27)25-9-8-17-15(12-25)10-14(11-18(17)26(28)29)13-4-6-16(7-5-13)21(22,23)24/h4-7,10-11H,8-9,12H2,1-3H3. The molecule has 1 amide bonds. The first-order valence-corrected chi connectivity index (χ1v) is 9.31. The molecule has 0 fully saturated rings. The lowest BCUT2D eigenvalue weighted by Crippen LogP contribution is -2.40. The molecule has 0 spiro atoms. The Balaban J connectivity index is 1.97. The first-order valence-electron chi connectivity index (χ1n) is 9.31. The fraction of sp³-hybridized carbons (Fsp3) is 0.381. The molecule has 6 nitrogen and oxygen atoms in total. The molecule has 2 aromatic carbocycles. The summed E-state index contributed by atoms with van der Waals surface area (Å²) in [6.07, 6.45) is -4.69. The summed E-state index contributed by atoms with van der Waals surface area (Å²) >= 11 is 0. The number of benzene rings is 2. The maximum Gasteiger partial charge on any atom is 0.416 e. The second-order valence-electron chi connectivity index (χ2n) is 8.12. The summed E-state index contributed by atoms with van der Waals surface area (Å²) in [4.78, 5) is 25.0. The van der Waals surface area contributed by atoms with Crippen LogP contribution in [0.5, 0.6) is 0 Å². The zero-order valence-corrected chi connectivity index (χ0v) is 16.7. The number of hydrogen-bond acceptors (Lipinski definition) is 4. The minimum Gasteiger partial charge on any atom is -0.444 e. The van der Waals surface area contributed by atoms with Gasteiger partial charge in [-0.2, -0.15) is 13.2 Å². The molecule has 1 aliphatic heterocycles. The van der Waals surface area contributed by atoms with Gasteiger partial charge in [0.2, 0.25) is 0 Å². The molecule has 0 N–H and O–H groups in total. The van der Waals surface area contributed by atoms with Crippen LogP contribution in [0.15, 0.2) is 36.4 Å². The van der Waals surface area contributed by atoms with Gasteiger partial charge in [-0.25, -0.2) is 4.79 Å². The van der Waals surface area contributed by atoms with E-state index in [1.807, 2.05) is 0 Å². The Bertz CT molecular complexity index is 979. The van der Waals surface area contributed by atoms with E-state index >= 15 is 0 Å². The lowest BCUT2D eigenvalue weighted by Gasteiger charge is -2.31. The highest BCUT2D eigenvalue weighted by Crippen LogP contribution is 2.36. The number of fused-ring (bicyclic) bond motifs is 1. The average Bonchev–Trinajstić information content (AvgIpc) is 2.64. The van der Waals surface area contributed by atoms with Crippen LogP contribution in [0.4, 0.5) is 23.7 Å². The summed E-state index contributed by atoms with van der Waals surface area (Å²) < 4.78 is 43.8. The predicted molar refractivity (Wildman–Crippen MR) is 104 cm³/mol. The second kappa shape index (κ2) is 7.62. The molecule has 0 unspecified atom stereocenters. The fourth-order valence-corrected chi connectivity index (χ4v) is 3.34. The highest BCUT2D eigenvalue weighted by atomic mass is 19.4. The molecule has 0 saturated carbocycles. The van der Waals surface area contributed by atoms with Gasteiger partial charge < -0.3 is 9.64 Å². The SMILES string of the molecule is CC(C)(C)OC(=O)N1CCc2c(cc(-c3ccc(C(F)(F)F)cc3)cc2[N+](=O)[O-])C1. The third kappa shape index (κ3) is 4.72. The molecule has 0 radical (unpaired) electrons. The lowest BCUT2D eigenvalue weighted by molar-refractivity contribution is -0.385. The van der Waals surface area contributed by atoms with Crippen molar-refractivity contribution in [1.29, 1.82) is 0 Å². The number of halogens is 3. The molecule has 30 heavy (non-hydrogen) atoms. The van der Waals surface area contributed by atoms with E-state index in [1.165, 1.54) is 23.1 Å². The Morgan fingerprint density at radius 1 is 1.10 bits per heavy atom. The van der Waals surface area contributed by atoms with Gasteiger partial charge in [-0.1, -0.05) is 12.1 Å². The molecule has 1 heterocycles. The Kier molecular flexibility index (Phi) is 5.49. The number of carbonyl (C=O) groups is 1. The molecule has 0 aliphatic carbocycles. The molecule has 9 heteroatoms. The van der Waals surface area contributed by atoms with Crippen LogP contribution in [-0.4, -0.2) is 28.1 Å². The molecule has 0 atom stereocenters. The smallest absolute Gasteiger partial charge is 0.416 e.